The van der Waals surface area contributed by atoms with Crippen LogP contribution in [0.2, 0.25) is 0 Å². The van der Waals surface area contributed by atoms with Gasteiger partial charge in [0, 0.05) is 5.41 Å². The van der Waals surface area contributed by atoms with Crippen molar-refractivity contribution in [3.8, 4) is 25.0 Å². The van der Waals surface area contributed by atoms with Gasteiger partial charge in [-0.1, -0.05) is 41.5 Å². The van der Waals surface area contributed by atoms with Crippen LogP contribution >= 0.6 is 0 Å². The van der Waals surface area contributed by atoms with Crippen molar-refractivity contribution in [2.45, 2.75) is 67.2 Å². The fourth-order valence-corrected chi connectivity index (χ4v) is 3.29. The Morgan fingerprint density at radius 2 is 1.17 bits per heavy atom. The van der Waals surface area contributed by atoms with E-state index in [9.17, 15) is 0 Å². The molecular weight excluding hydrogens is 384 g/mol. The Morgan fingerprint density at radius 1 is 0.667 bits per heavy atom. The second kappa shape index (κ2) is 17.1. The lowest BCUT2D eigenvalue weighted by atomic mass is 9.81. The van der Waals surface area contributed by atoms with Gasteiger partial charge in [-0.05, 0) is 42.9 Å². The molecule has 0 aliphatic carbocycles. The summed E-state index contributed by atoms with van der Waals surface area (Å²) in [5, 5.41) is 33.0. The van der Waals surface area contributed by atoms with E-state index in [-0.39, 0.29) is 10.8 Å². The highest BCUT2D eigenvalue weighted by atomic mass is 16.5. The van der Waals surface area contributed by atoms with Gasteiger partial charge in [-0.25, -0.2) is 0 Å². The number of nitriles is 4. The summed E-state index contributed by atoms with van der Waals surface area (Å²) in [6, 6.07) is 0. The van der Waals surface area contributed by atoms with Gasteiger partial charge < -0.3 is 18.9 Å². The molecule has 0 amide bonds. The Morgan fingerprint density at radius 3 is 1.70 bits per heavy atom. The van der Waals surface area contributed by atoms with Crippen molar-refractivity contribution >= 4 is 0 Å². The Labute approximate surface area is 181 Å². The van der Waals surface area contributed by atoms with E-state index in [4.69, 9.17) is 25.8 Å². The quantitative estimate of drug-likeness (QED) is 0.288. The van der Waals surface area contributed by atoms with Crippen molar-refractivity contribution in [1.29, 1.82) is 21.0 Å². The van der Waals surface area contributed by atoms with Gasteiger partial charge in [0.25, 0.3) is 25.0 Å². The van der Waals surface area contributed by atoms with Gasteiger partial charge in [0.1, 0.15) is 26.4 Å². The normalized spacial score (nSPS) is 12.3. The topological polar surface area (TPSA) is 132 Å². The Bertz CT molecular complexity index is 609. The van der Waals surface area contributed by atoms with Gasteiger partial charge >= 0.3 is 0 Å². The van der Waals surface area contributed by atoms with Crippen LogP contribution in [0.15, 0.2) is 0 Å². The van der Waals surface area contributed by atoms with Crippen LogP contribution < -0.4 is 0 Å². The highest BCUT2D eigenvalue weighted by Crippen LogP contribution is 2.29. The van der Waals surface area contributed by atoms with E-state index in [0.717, 1.165) is 25.7 Å². The number of ether oxygens (including phenoxy) is 4. The molecule has 8 nitrogen and oxygen atoms in total. The smallest absolute Gasteiger partial charge is 0.286 e. The van der Waals surface area contributed by atoms with Crippen molar-refractivity contribution in [1.82, 2.24) is 0 Å². The van der Waals surface area contributed by atoms with Crippen molar-refractivity contribution < 1.29 is 18.9 Å². The van der Waals surface area contributed by atoms with Gasteiger partial charge in [-0.3, -0.25) is 0 Å². The molecule has 2 atom stereocenters. The lowest BCUT2D eigenvalue weighted by Gasteiger charge is -2.26. The first-order chi connectivity index (χ1) is 14.0. The van der Waals surface area contributed by atoms with Gasteiger partial charge in [-0.2, -0.15) is 21.0 Å². The Balaban J connectivity index is 0. The Kier molecular flexibility index (Phi) is 16.7. The SMILES string of the molecule is CC(CCOC#N)CC(C)(C)COC#N.CC(COC#N)CC(C)(C)CCOC#N. The van der Waals surface area contributed by atoms with Crippen LogP contribution in [0.25, 0.3) is 0 Å². The summed E-state index contributed by atoms with van der Waals surface area (Å²) in [6.45, 7) is 14.3. The van der Waals surface area contributed by atoms with Crippen molar-refractivity contribution in [2.75, 3.05) is 26.4 Å². The zero-order valence-corrected chi connectivity index (χ0v) is 19.2. The first kappa shape index (κ1) is 29.4. The van der Waals surface area contributed by atoms with Gasteiger partial charge in [0.15, 0.2) is 0 Å². The maximum Gasteiger partial charge on any atom is 0.286 e. The third-order valence-corrected chi connectivity index (χ3v) is 4.48. The first-order valence-corrected chi connectivity index (χ1v) is 10.1. The number of hydrogen-bond donors (Lipinski definition) is 0. The first-order valence-electron chi connectivity index (χ1n) is 10.1. The molecule has 0 aromatic carbocycles. The standard InChI is InChI=1S/2C11H18N2O2/c1-10(7-15-9-13)6-11(2,3)4-5-14-8-12;1-10(4-5-14-8-12)6-11(2,3)7-15-9-13/h2*10H,4-7H2,1-3H3. The molecule has 0 heterocycles. The molecule has 2 unspecified atom stereocenters. The second-order valence-corrected chi connectivity index (χ2v) is 9.15. The van der Waals surface area contributed by atoms with E-state index in [1.807, 2.05) is 6.92 Å². The Hall–Kier alpha value is -2.84. The zero-order chi connectivity index (χ0) is 23.5. The summed E-state index contributed by atoms with van der Waals surface area (Å²) in [7, 11) is 0. The molecule has 0 spiro atoms. The summed E-state index contributed by atoms with van der Waals surface area (Å²) in [5.41, 5.74) is 0.0941. The molecule has 0 aromatic heterocycles. The van der Waals surface area contributed by atoms with E-state index in [2.05, 4.69) is 48.8 Å². The monoisotopic (exact) mass is 420 g/mol. The molecule has 0 rings (SSSR count). The lowest BCUT2D eigenvalue weighted by Crippen LogP contribution is -2.21. The lowest BCUT2D eigenvalue weighted by molar-refractivity contribution is 0.118. The molecule has 30 heavy (non-hydrogen) atoms. The predicted molar refractivity (Wildman–Crippen MR) is 111 cm³/mol. The number of rotatable bonds is 14. The van der Waals surface area contributed by atoms with Crippen LogP contribution in [0.5, 0.6) is 0 Å². The summed E-state index contributed by atoms with van der Waals surface area (Å²) in [6.07, 6.45) is 10.2. The van der Waals surface area contributed by atoms with Crippen LogP contribution in [-0.4, -0.2) is 26.4 Å². The molecule has 0 saturated heterocycles. The fraction of sp³-hybridized carbons (Fsp3) is 0.818. The molecule has 0 N–H and O–H groups in total. The molecule has 168 valence electrons. The third-order valence-electron chi connectivity index (χ3n) is 4.48. The van der Waals surface area contributed by atoms with Crippen molar-refractivity contribution in [3.63, 3.8) is 0 Å². The summed E-state index contributed by atoms with van der Waals surface area (Å²) in [5.74, 6) is 0.789. The highest BCUT2D eigenvalue weighted by molar-refractivity contribution is 4.74. The molecule has 0 saturated carbocycles. The van der Waals surface area contributed by atoms with E-state index >= 15 is 0 Å². The number of nitrogens with zero attached hydrogens (tertiary/aromatic N) is 4. The molecule has 0 bridgehead atoms. The largest absolute Gasteiger partial charge is 0.428 e. The minimum atomic E-state index is -0.0121. The van der Waals surface area contributed by atoms with Crippen LogP contribution in [0.4, 0.5) is 0 Å². The highest BCUT2D eigenvalue weighted by Gasteiger charge is 2.22. The van der Waals surface area contributed by atoms with Crippen molar-refractivity contribution in [3.05, 3.63) is 0 Å². The third kappa shape index (κ3) is 19.9. The maximum absolute atomic E-state index is 8.31. The van der Waals surface area contributed by atoms with Gasteiger partial charge in [-0.15, -0.1) is 0 Å². The van der Waals surface area contributed by atoms with E-state index in [0.29, 0.717) is 38.3 Å². The summed E-state index contributed by atoms with van der Waals surface area (Å²) < 4.78 is 18.7. The average molecular weight is 421 g/mol. The fourth-order valence-electron chi connectivity index (χ4n) is 3.29. The summed E-state index contributed by atoms with van der Waals surface area (Å²) in [4.78, 5) is 0. The zero-order valence-electron chi connectivity index (χ0n) is 19.2. The molecule has 0 aliphatic rings. The molecule has 0 fully saturated rings. The van der Waals surface area contributed by atoms with E-state index in [1.54, 1.807) is 25.0 Å². The maximum atomic E-state index is 8.31. The van der Waals surface area contributed by atoms with Crippen LogP contribution in [0, 0.1) is 68.7 Å². The van der Waals surface area contributed by atoms with Crippen molar-refractivity contribution in [2.24, 2.45) is 22.7 Å². The average Bonchev–Trinajstić information content (AvgIpc) is 2.65. The van der Waals surface area contributed by atoms with E-state index < -0.39 is 0 Å². The predicted octanol–water partition coefficient (Wildman–Crippen LogP) is 4.85. The van der Waals surface area contributed by atoms with Crippen LogP contribution in [-0.2, 0) is 18.9 Å². The molecule has 0 aromatic rings. The van der Waals surface area contributed by atoms with Gasteiger partial charge in [0.2, 0.25) is 0 Å². The van der Waals surface area contributed by atoms with Gasteiger partial charge in [0.05, 0.1) is 0 Å². The number of hydrogen-bond acceptors (Lipinski definition) is 8. The molecular formula is C22H36N4O4. The molecule has 8 heteroatoms. The van der Waals surface area contributed by atoms with Crippen LogP contribution in [0.1, 0.15) is 67.2 Å². The summed E-state index contributed by atoms with van der Waals surface area (Å²) >= 11 is 0. The van der Waals surface area contributed by atoms with Crippen LogP contribution in [0.3, 0.4) is 0 Å². The second-order valence-electron chi connectivity index (χ2n) is 9.15. The minimum Gasteiger partial charge on any atom is -0.428 e. The van der Waals surface area contributed by atoms with E-state index in [1.165, 1.54) is 0 Å². The molecule has 0 aliphatic heterocycles. The minimum absolute atomic E-state index is 0.0121. The molecule has 0 radical (unpaired) electrons.